The fourth-order valence-corrected chi connectivity index (χ4v) is 6.28. The van der Waals surface area contributed by atoms with Crippen LogP contribution in [-0.2, 0) is 29.0 Å². The van der Waals surface area contributed by atoms with E-state index in [-0.39, 0.29) is 94.3 Å². The third-order valence-corrected chi connectivity index (χ3v) is 9.11. The van der Waals surface area contributed by atoms with Gasteiger partial charge in [0, 0.05) is 42.4 Å². The first-order valence-electron chi connectivity index (χ1n) is 15.6. The number of ether oxygens (including phenoxy) is 4. The van der Waals surface area contributed by atoms with Gasteiger partial charge in [0.25, 0.3) is 0 Å². The van der Waals surface area contributed by atoms with Crippen molar-refractivity contribution in [3.05, 3.63) is 47.5 Å². The van der Waals surface area contributed by atoms with Crippen LogP contribution in [0.1, 0.15) is 11.1 Å². The van der Waals surface area contributed by atoms with E-state index in [0.717, 1.165) is 0 Å². The van der Waals surface area contributed by atoms with E-state index in [0.29, 0.717) is 92.7 Å². The number of methoxy groups -OCH3 is 2. The number of hydrogen-bond donors (Lipinski definition) is 2. The fraction of sp³-hybridized carbons (Fsp3) is 0.333. The molecule has 0 amide bonds. The van der Waals surface area contributed by atoms with Gasteiger partial charge in [-0.3, -0.25) is 5.04 Å². The summed E-state index contributed by atoms with van der Waals surface area (Å²) >= 11 is 0.613. The summed E-state index contributed by atoms with van der Waals surface area (Å²) in [5.41, 5.74) is 1.31. The number of hydrogen-bond acceptors (Lipinski definition) is 21. The van der Waals surface area contributed by atoms with Crippen LogP contribution in [0.15, 0.2) is 46.2 Å². The Hall–Kier alpha value is -2.94. The molecule has 2 aliphatic heterocycles. The molecule has 0 bridgehead atoms. The Morgan fingerprint density at radius 1 is 0.741 bits per heavy atom. The Morgan fingerprint density at radius 3 is 1.70 bits per heavy atom. The second-order valence-electron chi connectivity index (χ2n) is 10.9. The van der Waals surface area contributed by atoms with Crippen molar-refractivity contribution in [1.29, 1.82) is 0 Å². The topological polar surface area (TPSA) is 244 Å². The predicted octanol–water partition coefficient (Wildman–Crippen LogP) is -4.45. The van der Waals surface area contributed by atoms with Gasteiger partial charge in [0.2, 0.25) is 23.8 Å². The number of rotatable bonds is 14. The molecule has 2 aromatic heterocycles. The maximum atomic E-state index is 12.4. The second-order valence-corrected chi connectivity index (χ2v) is 12.9. The first kappa shape index (κ1) is 43.8. The average Bonchev–Trinajstić information content (AvgIpc) is 3.17. The van der Waals surface area contributed by atoms with Crippen molar-refractivity contribution in [3.8, 4) is 12.0 Å². The normalized spacial score (nSPS) is 14.6. The molecule has 2 saturated heterocycles. The van der Waals surface area contributed by atoms with Gasteiger partial charge in [0.05, 0.1) is 57.6 Å². The van der Waals surface area contributed by atoms with Crippen LogP contribution in [0.25, 0.3) is 12.2 Å². The smallest absolute Gasteiger partial charge is 0.744 e. The standard InChI is InChI=1S/C30H34N10O10S2.2Na/c1-45-29-35-25(33-27(37-29)39-9-13-47-14-10-39)31-21-7-5-19(23(17-21)51-50-49-41)3-4-20-6-8-22(18-24(20)52(42,43)44)32-26-34-28(38-30(36-26)46-2)40-11-15-48-16-12-40;;/h3-8,17-18,41H,9-16H2,1-2H3,(H,42,43,44)(H,31,33,35,37)(H,32,34,36,38);;/q;2*+1/p-2/b4-3+;;. The molecular formula is C30H32N10Na2O10S2. The van der Waals surface area contributed by atoms with Gasteiger partial charge >= 0.3 is 71.1 Å². The zero-order valence-electron chi connectivity index (χ0n) is 29.8. The average molecular weight is 803 g/mol. The monoisotopic (exact) mass is 802 g/mol. The predicted molar refractivity (Wildman–Crippen MR) is 183 cm³/mol. The van der Waals surface area contributed by atoms with Crippen LogP contribution in [0.4, 0.5) is 35.2 Å². The van der Waals surface area contributed by atoms with E-state index in [1.54, 1.807) is 30.3 Å². The summed E-state index contributed by atoms with van der Waals surface area (Å²) in [5, 5.41) is 20.3. The number of nitrogens with zero attached hydrogens (tertiary/aromatic N) is 8. The van der Waals surface area contributed by atoms with Gasteiger partial charge in [-0.2, -0.15) is 34.2 Å². The number of morpholine rings is 2. The van der Waals surface area contributed by atoms with Crippen molar-refractivity contribution in [2.75, 3.05) is 87.3 Å². The molecule has 54 heavy (non-hydrogen) atoms. The first-order valence-corrected chi connectivity index (χ1v) is 17.7. The van der Waals surface area contributed by atoms with Crippen molar-refractivity contribution < 1.29 is 106 Å². The third kappa shape index (κ3) is 11.8. The van der Waals surface area contributed by atoms with Gasteiger partial charge < -0.3 is 49.2 Å². The molecule has 2 aliphatic rings. The number of nitrogens with one attached hydrogen (secondary N) is 2. The summed E-state index contributed by atoms with van der Waals surface area (Å²) in [6, 6.07) is 9.32. The van der Waals surface area contributed by atoms with Crippen molar-refractivity contribution >= 4 is 69.5 Å². The summed E-state index contributed by atoms with van der Waals surface area (Å²) in [6.45, 7) is 4.39. The molecule has 6 rings (SSSR count). The Labute approximate surface area is 358 Å². The van der Waals surface area contributed by atoms with Crippen molar-refractivity contribution in [3.63, 3.8) is 0 Å². The molecule has 0 saturated carbocycles. The summed E-state index contributed by atoms with van der Waals surface area (Å²) < 4.78 is 63.1. The van der Waals surface area contributed by atoms with E-state index in [1.165, 1.54) is 32.4 Å². The molecule has 2 aromatic carbocycles. The second kappa shape index (κ2) is 20.8. The van der Waals surface area contributed by atoms with Gasteiger partial charge in [0.1, 0.15) is 10.1 Å². The van der Waals surface area contributed by atoms with E-state index >= 15 is 0 Å². The van der Waals surface area contributed by atoms with Gasteiger partial charge in [0.15, 0.2) is 0 Å². The van der Waals surface area contributed by atoms with Gasteiger partial charge in [-0.15, -0.1) is 0 Å². The van der Waals surface area contributed by atoms with Crippen LogP contribution in [0.2, 0.25) is 0 Å². The Kier molecular flexibility index (Phi) is 16.9. The number of aromatic nitrogens is 6. The molecule has 0 spiro atoms. The molecule has 0 atom stereocenters. The molecule has 276 valence electrons. The van der Waals surface area contributed by atoms with Gasteiger partial charge in [-0.25, -0.2) is 8.42 Å². The van der Waals surface area contributed by atoms with E-state index in [1.807, 2.05) is 9.80 Å². The summed E-state index contributed by atoms with van der Waals surface area (Å²) in [7, 11) is -2.10. The molecule has 4 heterocycles. The first-order chi connectivity index (χ1) is 25.2. The zero-order valence-corrected chi connectivity index (χ0v) is 35.4. The maximum Gasteiger partial charge on any atom is 1.00 e. The van der Waals surface area contributed by atoms with Crippen molar-refractivity contribution in [2.24, 2.45) is 0 Å². The minimum absolute atomic E-state index is 0. The van der Waals surface area contributed by atoms with Gasteiger partial charge in [-0.05, 0) is 35.4 Å². The maximum absolute atomic E-state index is 12.4. The zero-order chi connectivity index (χ0) is 36.5. The molecule has 0 radical (unpaired) electrons. The van der Waals surface area contributed by atoms with E-state index in [9.17, 15) is 18.2 Å². The van der Waals surface area contributed by atoms with Crippen LogP contribution in [0, 0.1) is 0 Å². The molecule has 2 fully saturated rings. The Morgan fingerprint density at radius 2 is 1.22 bits per heavy atom. The largest absolute Gasteiger partial charge is 1.00 e. The number of benzene rings is 2. The number of anilines is 6. The molecule has 0 unspecified atom stereocenters. The summed E-state index contributed by atoms with van der Waals surface area (Å²) in [5.74, 6) is 1.03. The van der Waals surface area contributed by atoms with Gasteiger partial charge in [-0.1, -0.05) is 24.3 Å². The molecular weight excluding hydrogens is 771 g/mol. The molecule has 24 heteroatoms. The van der Waals surface area contributed by atoms with E-state index in [4.69, 9.17) is 18.9 Å². The van der Waals surface area contributed by atoms with Crippen LogP contribution >= 0.6 is 12.0 Å². The molecule has 20 nitrogen and oxygen atoms in total. The summed E-state index contributed by atoms with van der Waals surface area (Å²) in [4.78, 5) is 29.8. The van der Waals surface area contributed by atoms with Crippen molar-refractivity contribution in [1.82, 2.24) is 29.9 Å². The quantitative estimate of drug-likeness (QED) is 0.0305. The minimum Gasteiger partial charge on any atom is -0.744 e. The fourth-order valence-electron chi connectivity index (χ4n) is 5.07. The van der Waals surface area contributed by atoms with E-state index < -0.39 is 15.0 Å². The van der Waals surface area contributed by atoms with Crippen LogP contribution in [0.5, 0.6) is 12.0 Å². The SMILES string of the molecule is COc1nc(Nc2ccc(/C=C/c3ccc(Nc4nc(OC)nc(N5CCOCC5)n4)cc3S(=O)(=O)[O-])c(SOO[O-])c2)nc(N2CCOCC2)n1.[Na+].[Na+]. The Balaban J connectivity index is 0.00000325. The Bertz CT molecular complexity index is 2010. The van der Waals surface area contributed by atoms with Crippen LogP contribution < -0.4 is 94.3 Å². The van der Waals surface area contributed by atoms with E-state index in [2.05, 4.69) is 49.9 Å². The summed E-state index contributed by atoms with van der Waals surface area (Å²) in [6.07, 6.45) is 2.98. The minimum atomic E-state index is -4.96. The third-order valence-electron chi connectivity index (χ3n) is 7.56. The van der Waals surface area contributed by atoms with Crippen LogP contribution in [0.3, 0.4) is 0 Å². The molecule has 2 N–H and O–H groups in total. The van der Waals surface area contributed by atoms with Crippen molar-refractivity contribution in [2.45, 2.75) is 9.79 Å². The molecule has 4 aromatic rings. The van der Waals surface area contributed by atoms with Crippen LogP contribution in [-0.4, -0.2) is 110 Å². The molecule has 0 aliphatic carbocycles.